The minimum absolute atomic E-state index is 0.133. The molecule has 1 aromatic carbocycles. The molecule has 0 N–H and O–H groups in total. The van der Waals surface area contributed by atoms with Crippen LogP contribution in [-0.2, 0) is 0 Å². The van der Waals surface area contributed by atoms with Crippen LogP contribution in [0.5, 0.6) is 0 Å². The van der Waals surface area contributed by atoms with Crippen LogP contribution in [-0.4, -0.2) is 10.7 Å². The van der Waals surface area contributed by atoms with E-state index in [0.717, 1.165) is 44.2 Å². The largest absolute Gasteiger partial charge is 0.294 e. The van der Waals surface area contributed by atoms with Crippen LogP contribution in [0.2, 0.25) is 0 Å². The lowest BCUT2D eigenvalue weighted by Crippen LogP contribution is -2.07. The van der Waals surface area contributed by atoms with Gasteiger partial charge in [-0.25, -0.2) is 4.39 Å². The number of halogens is 1. The van der Waals surface area contributed by atoms with E-state index in [0.29, 0.717) is 6.42 Å². The maximum absolute atomic E-state index is 13.8. The molecule has 0 aromatic heterocycles. The number of benzene rings is 1. The Kier molecular flexibility index (Phi) is 13.6. The van der Waals surface area contributed by atoms with Crippen LogP contribution in [0, 0.1) is 22.0 Å². The molecule has 5 heteroatoms. The standard InChI is InChI=1S/C24H35FNO3/c1-2-3-4-5-6-7-8-9-10-11-12-13-14-15-16-20-23(27)24-21(25)18-17-19-22(24)26(28)29/h9-10,17,19H,2-8,11-16,20H2,1H3/b10-9-. The first-order valence-electron chi connectivity index (χ1n) is 11.1. The van der Waals surface area contributed by atoms with Crippen molar-refractivity contribution < 1.29 is 14.1 Å². The molecular weight excluding hydrogens is 369 g/mol. The van der Waals surface area contributed by atoms with Crippen molar-refractivity contribution in [3.8, 4) is 0 Å². The Morgan fingerprint density at radius 3 is 2.14 bits per heavy atom. The molecular formula is C24H35FNO3. The lowest BCUT2D eigenvalue weighted by molar-refractivity contribution is -0.385. The van der Waals surface area contributed by atoms with Crippen molar-refractivity contribution in [2.45, 2.75) is 96.8 Å². The SMILES string of the molecule is CCCCCCCC/C=C\CCCCCCCC(=O)c1c(F)[c]ccc1[N+](=O)[O-]. The number of rotatable bonds is 17. The van der Waals surface area contributed by atoms with Crippen molar-refractivity contribution in [3.63, 3.8) is 0 Å². The van der Waals surface area contributed by atoms with Gasteiger partial charge in [0.2, 0.25) is 0 Å². The molecule has 0 heterocycles. The summed E-state index contributed by atoms with van der Waals surface area (Å²) in [5.74, 6) is -1.44. The molecule has 0 bridgehead atoms. The monoisotopic (exact) mass is 404 g/mol. The number of unbranched alkanes of at least 4 members (excludes halogenated alkanes) is 11. The van der Waals surface area contributed by atoms with Gasteiger partial charge in [0.25, 0.3) is 5.69 Å². The molecule has 0 spiro atoms. The van der Waals surface area contributed by atoms with Crippen molar-refractivity contribution >= 4 is 11.5 Å². The van der Waals surface area contributed by atoms with E-state index in [-0.39, 0.29) is 6.42 Å². The quantitative estimate of drug-likeness (QED) is 0.0876. The van der Waals surface area contributed by atoms with Gasteiger partial charge in [-0.05, 0) is 38.2 Å². The molecule has 0 aliphatic rings. The summed E-state index contributed by atoms with van der Waals surface area (Å²) in [5, 5.41) is 11.0. The molecule has 0 atom stereocenters. The number of nitro groups is 1. The van der Waals surface area contributed by atoms with Crippen LogP contribution in [0.3, 0.4) is 0 Å². The summed E-state index contributed by atoms with van der Waals surface area (Å²) in [6, 6.07) is 4.48. The first kappa shape index (κ1) is 25.0. The fourth-order valence-electron chi connectivity index (χ4n) is 3.36. The number of Topliss-reactive ketones (excluding diaryl/α,β-unsaturated/α-hetero) is 1. The maximum atomic E-state index is 13.8. The zero-order valence-electron chi connectivity index (χ0n) is 17.8. The minimum Gasteiger partial charge on any atom is -0.294 e. The summed E-state index contributed by atoms with van der Waals surface area (Å²) in [6.07, 6.45) is 19.7. The highest BCUT2D eigenvalue weighted by Crippen LogP contribution is 2.23. The number of hydrogen-bond donors (Lipinski definition) is 0. The predicted octanol–water partition coefficient (Wildman–Crippen LogP) is 7.75. The summed E-state index contributed by atoms with van der Waals surface area (Å²) in [5.41, 5.74) is -0.910. The van der Waals surface area contributed by atoms with E-state index in [2.05, 4.69) is 25.1 Å². The molecule has 0 unspecified atom stereocenters. The third-order valence-electron chi connectivity index (χ3n) is 5.07. The smallest absolute Gasteiger partial charge is 0.283 e. The number of ketones is 1. The third kappa shape index (κ3) is 10.9. The van der Waals surface area contributed by atoms with Gasteiger partial charge in [0, 0.05) is 18.6 Å². The van der Waals surface area contributed by atoms with Gasteiger partial charge in [0.1, 0.15) is 11.4 Å². The number of carbonyl (C=O) groups is 1. The molecule has 29 heavy (non-hydrogen) atoms. The normalized spacial score (nSPS) is 11.2. The van der Waals surface area contributed by atoms with E-state index in [1.54, 1.807) is 0 Å². The Hall–Kier alpha value is -2.04. The van der Waals surface area contributed by atoms with Crippen LogP contribution >= 0.6 is 0 Å². The van der Waals surface area contributed by atoms with Crippen LogP contribution in [0.25, 0.3) is 0 Å². The van der Waals surface area contributed by atoms with Crippen molar-refractivity contribution in [1.82, 2.24) is 0 Å². The molecule has 0 saturated carbocycles. The second-order valence-corrected chi connectivity index (χ2v) is 7.57. The molecule has 0 aliphatic heterocycles. The van der Waals surface area contributed by atoms with Gasteiger partial charge in [-0.3, -0.25) is 14.9 Å². The van der Waals surface area contributed by atoms with Gasteiger partial charge in [0.15, 0.2) is 5.78 Å². The van der Waals surface area contributed by atoms with Crippen LogP contribution in [0.1, 0.15) is 107 Å². The third-order valence-corrected chi connectivity index (χ3v) is 5.07. The predicted molar refractivity (Wildman–Crippen MR) is 116 cm³/mol. The zero-order valence-corrected chi connectivity index (χ0v) is 17.8. The summed E-state index contributed by atoms with van der Waals surface area (Å²) in [4.78, 5) is 22.4. The van der Waals surface area contributed by atoms with Crippen molar-refractivity contribution in [2.75, 3.05) is 0 Å². The van der Waals surface area contributed by atoms with Crippen LogP contribution in [0.15, 0.2) is 24.3 Å². The molecule has 4 nitrogen and oxygen atoms in total. The van der Waals surface area contributed by atoms with Gasteiger partial charge in [-0.2, -0.15) is 0 Å². The van der Waals surface area contributed by atoms with E-state index < -0.39 is 27.8 Å². The fraction of sp³-hybridized carbons (Fsp3) is 0.625. The molecule has 1 radical (unpaired) electrons. The number of carbonyl (C=O) groups excluding carboxylic acids is 1. The average Bonchev–Trinajstić information content (AvgIpc) is 2.70. The first-order chi connectivity index (χ1) is 14.1. The Morgan fingerprint density at radius 1 is 1.00 bits per heavy atom. The van der Waals surface area contributed by atoms with Crippen LogP contribution < -0.4 is 0 Å². The van der Waals surface area contributed by atoms with Gasteiger partial charge in [-0.1, -0.05) is 70.4 Å². The lowest BCUT2D eigenvalue weighted by Gasteiger charge is -2.04. The second kappa shape index (κ2) is 15.8. The van der Waals surface area contributed by atoms with Crippen molar-refractivity contribution in [3.05, 3.63) is 51.8 Å². The van der Waals surface area contributed by atoms with E-state index >= 15 is 0 Å². The van der Waals surface area contributed by atoms with Crippen molar-refractivity contribution in [2.24, 2.45) is 0 Å². The summed E-state index contributed by atoms with van der Waals surface area (Å²) < 4.78 is 13.8. The molecule has 1 rings (SSSR count). The molecule has 1 aromatic rings. The highest BCUT2D eigenvalue weighted by atomic mass is 19.1. The van der Waals surface area contributed by atoms with E-state index in [9.17, 15) is 19.3 Å². The Balaban J connectivity index is 2.07. The molecule has 0 aliphatic carbocycles. The zero-order chi connectivity index (χ0) is 21.3. The summed E-state index contributed by atoms with van der Waals surface area (Å²) in [7, 11) is 0. The van der Waals surface area contributed by atoms with Gasteiger partial charge in [0.05, 0.1) is 4.92 Å². The maximum Gasteiger partial charge on any atom is 0.283 e. The first-order valence-corrected chi connectivity index (χ1v) is 11.1. The number of nitro benzene ring substituents is 1. The molecule has 0 amide bonds. The Labute approximate surface area is 174 Å². The van der Waals surface area contributed by atoms with E-state index in [4.69, 9.17) is 0 Å². The summed E-state index contributed by atoms with van der Waals surface area (Å²) >= 11 is 0. The van der Waals surface area contributed by atoms with Gasteiger partial charge < -0.3 is 0 Å². The Morgan fingerprint density at radius 2 is 1.55 bits per heavy atom. The van der Waals surface area contributed by atoms with Gasteiger partial charge in [-0.15, -0.1) is 0 Å². The topological polar surface area (TPSA) is 60.2 Å². The highest BCUT2D eigenvalue weighted by molar-refractivity contribution is 5.99. The Bertz CT molecular complexity index is 643. The van der Waals surface area contributed by atoms with Crippen LogP contribution in [0.4, 0.5) is 10.1 Å². The lowest BCUT2D eigenvalue weighted by atomic mass is 10.0. The van der Waals surface area contributed by atoms with E-state index in [1.807, 2.05) is 0 Å². The van der Waals surface area contributed by atoms with E-state index in [1.165, 1.54) is 44.9 Å². The number of hydrogen-bond acceptors (Lipinski definition) is 3. The van der Waals surface area contributed by atoms with Crippen molar-refractivity contribution in [1.29, 1.82) is 0 Å². The van der Waals surface area contributed by atoms with Gasteiger partial charge >= 0.3 is 0 Å². The molecule has 161 valence electrons. The molecule has 0 saturated heterocycles. The highest BCUT2D eigenvalue weighted by Gasteiger charge is 2.23. The molecule has 0 fully saturated rings. The average molecular weight is 405 g/mol. The second-order valence-electron chi connectivity index (χ2n) is 7.57. The number of nitrogens with zero attached hydrogens (tertiary/aromatic N) is 1. The fourth-order valence-corrected chi connectivity index (χ4v) is 3.36. The summed E-state index contributed by atoms with van der Waals surface area (Å²) in [6.45, 7) is 2.24. The number of allylic oxidation sites excluding steroid dienone is 2. The minimum atomic E-state index is -0.933.